The molecule has 1 aliphatic carbocycles. The molecule has 2 aliphatic rings. The van der Waals surface area contributed by atoms with E-state index in [2.05, 4.69) is 18.7 Å². The molecule has 0 aromatic rings. The summed E-state index contributed by atoms with van der Waals surface area (Å²) in [5.74, 6) is 1.39. The third-order valence-corrected chi connectivity index (χ3v) is 3.99. The molecule has 2 rings (SSSR count). The molecule has 3 nitrogen and oxygen atoms in total. The van der Waals surface area contributed by atoms with Crippen LogP contribution in [0.4, 0.5) is 0 Å². The SMILES string of the molecule is CC(C)[C@H]1C[C@@](O)(CN2CC[C@H](O)C2)C1. The number of hydrogen-bond donors (Lipinski definition) is 2. The lowest BCUT2D eigenvalue weighted by atomic mass is 9.66. The first kappa shape index (κ1) is 11.4. The summed E-state index contributed by atoms with van der Waals surface area (Å²) in [4.78, 5) is 2.20. The van der Waals surface area contributed by atoms with Gasteiger partial charge in [0.1, 0.15) is 0 Å². The highest BCUT2D eigenvalue weighted by Crippen LogP contribution is 2.42. The van der Waals surface area contributed by atoms with E-state index in [4.69, 9.17) is 0 Å². The zero-order valence-corrected chi connectivity index (χ0v) is 9.82. The number of likely N-dealkylation sites (tertiary alicyclic amines) is 1. The van der Waals surface area contributed by atoms with E-state index < -0.39 is 5.60 Å². The Hall–Kier alpha value is -0.120. The molecule has 0 aromatic carbocycles. The van der Waals surface area contributed by atoms with Gasteiger partial charge in [0.15, 0.2) is 0 Å². The quantitative estimate of drug-likeness (QED) is 0.730. The van der Waals surface area contributed by atoms with Crippen molar-refractivity contribution in [2.75, 3.05) is 19.6 Å². The molecule has 0 bridgehead atoms. The van der Waals surface area contributed by atoms with Crippen molar-refractivity contribution >= 4 is 0 Å². The van der Waals surface area contributed by atoms with Crippen LogP contribution in [0.2, 0.25) is 0 Å². The van der Waals surface area contributed by atoms with E-state index in [1.807, 2.05) is 0 Å². The minimum Gasteiger partial charge on any atom is -0.392 e. The smallest absolute Gasteiger partial charge is 0.0779 e. The van der Waals surface area contributed by atoms with Crippen molar-refractivity contribution in [2.24, 2.45) is 11.8 Å². The molecule has 15 heavy (non-hydrogen) atoms. The van der Waals surface area contributed by atoms with Gasteiger partial charge in [0.2, 0.25) is 0 Å². The summed E-state index contributed by atoms with van der Waals surface area (Å²) >= 11 is 0. The predicted molar refractivity (Wildman–Crippen MR) is 59.6 cm³/mol. The fraction of sp³-hybridized carbons (Fsp3) is 1.00. The number of β-amino-alcohol motifs (C(OH)–C–C–N with tert-alkyl or cyclic N) is 2. The number of nitrogens with zero attached hydrogens (tertiary/aromatic N) is 1. The van der Waals surface area contributed by atoms with Crippen molar-refractivity contribution in [1.29, 1.82) is 0 Å². The second kappa shape index (κ2) is 4.04. The first-order chi connectivity index (χ1) is 6.98. The first-order valence-corrected chi connectivity index (χ1v) is 6.11. The molecule has 88 valence electrons. The number of hydrogen-bond acceptors (Lipinski definition) is 3. The van der Waals surface area contributed by atoms with Gasteiger partial charge in [-0.05, 0) is 31.1 Å². The normalized spacial score (nSPS) is 42.2. The molecule has 3 heteroatoms. The van der Waals surface area contributed by atoms with Gasteiger partial charge in [-0.3, -0.25) is 4.90 Å². The van der Waals surface area contributed by atoms with Crippen LogP contribution in [0.5, 0.6) is 0 Å². The Morgan fingerprint density at radius 1 is 1.40 bits per heavy atom. The van der Waals surface area contributed by atoms with Gasteiger partial charge >= 0.3 is 0 Å². The molecule has 0 aromatic heterocycles. The Bertz CT molecular complexity index is 224. The van der Waals surface area contributed by atoms with E-state index in [1.54, 1.807) is 0 Å². The first-order valence-electron chi connectivity index (χ1n) is 6.11. The maximum Gasteiger partial charge on any atom is 0.0779 e. The van der Waals surface area contributed by atoms with Crippen LogP contribution < -0.4 is 0 Å². The third kappa shape index (κ3) is 2.52. The highest BCUT2D eigenvalue weighted by atomic mass is 16.3. The fourth-order valence-electron chi connectivity index (χ4n) is 2.89. The zero-order valence-electron chi connectivity index (χ0n) is 9.82. The van der Waals surface area contributed by atoms with Crippen molar-refractivity contribution in [3.05, 3.63) is 0 Å². The standard InChI is InChI=1S/C12H23NO2/c1-9(2)10-5-12(15,6-10)8-13-4-3-11(14)7-13/h9-11,14-15H,3-8H2,1-2H3/t10-,11-,12-/m0/s1. The highest BCUT2D eigenvalue weighted by molar-refractivity contribution is 4.98. The van der Waals surface area contributed by atoms with Gasteiger partial charge in [-0.25, -0.2) is 0 Å². The Kier molecular flexibility index (Phi) is 3.06. The van der Waals surface area contributed by atoms with Crippen LogP contribution in [0, 0.1) is 11.8 Å². The fourth-order valence-corrected chi connectivity index (χ4v) is 2.89. The number of aliphatic hydroxyl groups is 2. The van der Waals surface area contributed by atoms with E-state index in [9.17, 15) is 10.2 Å². The summed E-state index contributed by atoms with van der Waals surface area (Å²) < 4.78 is 0. The van der Waals surface area contributed by atoms with Gasteiger partial charge in [0.05, 0.1) is 11.7 Å². The Labute approximate surface area is 92.1 Å². The average molecular weight is 213 g/mol. The minimum atomic E-state index is -0.459. The van der Waals surface area contributed by atoms with E-state index in [0.717, 1.165) is 38.9 Å². The topological polar surface area (TPSA) is 43.7 Å². The van der Waals surface area contributed by atoms with Gasteiger partial charge in [0, 0.05) is 19.6 Å². The van der Waals surface area contributed by atoms with Crippen molar-refractivity contribution in [1.82, 2.24) is 4.90 Å². The molecule has 0 radical (unpaired) electrons. The molecule has 2 N–H and O–H groups in total. The molecule has 1 atom stereocenters. The summed E-state index contributed by atoms with van der Waals surface area (Å²) in [5.41, 5.74) is -0.459. The summed E-state index contributed by atoms with van der Waals surface area (Å²) in [6, 6.07) is 0. The van der Waals surface area contributed by atoms with Crippen molar-refractivity contribution in [2.45, 2.75) is 44.8 Å². The van der Waals surface area contributed by atoms with Crippen molar-refractivity contribution in [3.63, 3.8) is 0 Å². The van der Waals surface area contributed by atoms with E-state index in [-0.39, 0.29) is 6.10 Å². The van der Waals surface area contributed by atoms with Crippen molar-refractivity contribution < 1.29 is 10.2 Å². The van der Waals surface area contributed by atoms with Crippen LogP contribution in [-0.4, -0.2) is 46.5 Å². The summed E-state index contributed by atoms with van der Waals surface area (Å²) in [7, 11) is 0. The lowest BCUT2D eigenvalue weighted by Crippen LogP contribution is -2.53. The molecule has 1 saturated carbocycles. The molecule has 1 heterocycles. The van der Waals surface area contributed by atoms with Gasteiger partial charge in [-0.15, -0.1) is 0 Å². The molecule has 2 fully saturated rings. The number of rotatable bonds is 3. The number of aliphatic hydroxyl groups excluding tert-OH is 1. The van der Waals surface area contributed by atoms with Crippen LogP contribution in [-0.2, 0) is 0 Å². The van der Waals surface area contributed by atoms with Crippen LogP contribution >= 0.6 is 0 Å². The van der Waals surface area contributed by atoms with Gasteiger partial charge in [-0.2, -0.15) is 0 Å². The lowest BCUT2D eigenvalue weighted by molar-refractivity contribution is -0.103. The Balaban J connectivity index is 1.76. The minimum absolute atomic E-state index is 0.172. The van der Waals surface area contributed by atoms with Crippen LogP contribution in [0.15, 0.2) is 0 Å². The van der Waals surface area contributed by atoms with E-state index in [1.165, 1.54) is 0 Å². The summed E-state index contributed by atoms with van der Waals surface area (Å²) in [6.45, 7) is 6.89. The van der Waals surface area contributed by atoms with Crippen molar-refractivity contribution in [3.8, 4) is 0 Å². The Morgan fingerprint density at radius 3 is 2.53 bits per heavy atom. The summed E-state index contributed by atoms with van der Waals surface area (Å²) in [5, 5.41) is 19.7. The Morgan fingerprint density at radius 2 is 2.07 bits per heavy atom. The molecule has 0 spiro atoms. The van der Waals surface area contributed by atoms with Gasteiger partial charge < -0.3 is 10.2 Å². The molecular weight excluding hydrogens is 190 g/mol. The average Bonchev–Trinajstić information content (AvgIpc) is 2.46. The molecular formula is C12H23NO2. The second-order valence-corrected chi connectivity index (χ2v) is 5.81. The van der Waals surface area contributed by atoms with Crippen LogP contribution in [0.3, 0.4) is 0 Å². The maximum absolute atomic E-state index is 10.3. The lowest BCUT2D eigenvalue weighted by Gasteiger charge is -2.47. The van der Waals surface area contributed by atoms with Crippen LogP contribution in [0.25, 0.3) is 0 Å². The van der Waals surface area contributed by atoms with Gasteiger partial charge in [0.25, 0.3) is 0 Å². The molecule has 1 aliphatic heterocycles. The summed E-state index contributed by atoms with van der Waals surface area (Å²) in [6.07, 6.45) is 2.58. The zero-order chi connectivity index (χ0) is 11.1. The monoisotopic (exact) mass is 213 g/mol. The highest BCUT2D eigenvalue weighted by Gasteiger charge is 2.45. The predicted octanol–water partition coefficient (Wildman–Crippen LogP) is 0.850. The van der Waals surface area contributed by atoms with Gasteiger partial charge in [-0.1, -0.05) is 13.8 Å². The van der Waals surface area contributed by atoms with E-state index >= 15 is 0 Å². The maximum atomic E-state index is 10.3. The second-order valence-electron chi connectivity index (χ2n) is 5.81. The third-order valence-electron chi connectivity index (χ3n) is 3.99. The molecule has 0 amide bonds. The van der Waals surface area contributed by atoms with E-state index in [0.29, 0.717) is 11.8 Å². The molecule has 1 saturated heterocycles. The van der Waals surface area contributed by atoms with Crippen LogP contribution in [0.1, 0.15) is 33.1 Å². The molecule has 0 unspecified atom stereocenters. The largest absolute Gasteiger partial charge is 0.392 e.